The van der Waals surface area contributed by atoms with Crippen molar-refractivity contribution in [3.63, 3.8) is 0 Å². The lowest BCUT2D eigenvalue weighted by molar-refractivity contribution is -0.121. The maximum absolute atomic E-state index is 12.3. The highest BCUT2D eigenvalue weighted by Crippen LogP contribution is 2.17. The highest BCUT2D eigenvalue weighted by Gasteiger charge is 2.14. The predicted molar refractivity (Wildman–Crippen MR) is 97.7 cm³/mol. The average molecular weight is 345 g/mol. The van der Waals surface area contributed by atoms with Crippen molar-refractivity contribution in [2.75, 3.05) is 0 Å². The molecule has 1 atom stereocenters. The zero-order chi connectivity index (χ0) is 17.7. The molecule has 0 saturated heterocycles. The Morgan fingerprint density at radius 3 is 2.46 bits per heavy atom. The van der Waals surface area contributed by atoms with Crippen molar-refractivity contribution in [1.82, 2.24) is 15.3 Å². The summed E-state index contributed by atoms with van der Waals surface area (Å²) in [6.07, 6.45) is 1.45. The standard InChI is InChI=1S/C18H23N3O2S/c1-4-15(13-7-5-11(2)6-8-13)20-16(22)10-9-14-12(3)19-18(24)21-17(14)23/h5-8,15H,4,9-10H2,1-3H3,(H,20,22)(H2,19,21,23,24). The Morgan fingerprint density at radius 2 is 1.88 bits per heavy atom. The molecule has 0 spiro atoms. The van der Waals surface area contributed by atoms with E-state index >= 15 is 0 Å². The highest BCUT2D eigenvalue weighted by atomic mass is 32.1. The fourth-order valence-corrected chi connectivity index (χ4v) is 2.90. The summed E-state index contributed by atoms with van der Waals surface area (Å²) < 4.78 is 0.302. The van der Waals surface area contributed by atoms with Crippen molar-refractivity contribution in [1.29, 1.82) is 0 Å². The molecule has 5 nitrogen and oxygen atoms in total. The van der Waals surface area contributed by atoms with Gasteiger partial charge in [0.2, 0.25) is 5.91 Å². The fraction of sp³-hybridized carbons (Fsp3) is 0.389. The zero-order valence-corrected chi connectivity index (χ0v) is 15.0. The molecule has 6 heteroatoms. The lowest BCUT2D eigenvalue weighted by Crippen LogP contribution is -2.29. The summed E-state index contributed by atoms with van der Waals surface area (Å²) in [7, 11) is 0. The second-order valence-electron chi connectivity index (χ2n) is 5.95. The molecule has 2 aromatic rings. The van der Waals surface area contributed by atoms with Gasteiger partial charge in [0.15, 0.2) is 4.77 Å². The SMILES string of the molecule is CCC(NC(=O)CCc1c(C)[nH]c(=S)[nH]c1=O)c1ccc(C)cc1. The van der Waals surface area contributed by atoms with E-state index in [0.717, 1.165) is 12.0 Å². The third-order valence-electron chi connectivity index (χ3n) is 4.08. The Labute approximate surface area is 146 Å². The van der Waals surface area contributed by atoms with Gasteiger partial charge in [-0.15, -0.1) is 0 Å². The van der Waals surface area contributed by atoms with Gasteiger partial charge < -0.3 is 10.3 Å². The van der Waals surface area contributed by atoms with Gasteiger partial charge in [0.05, 0.1) is 6.04 Å². The molecule has 3 N–H and O–H groups in total. The molecule has 1 aromatic carbocycles. The Hall–Kier alpha value is -2.21. The summed E-state index contributed by atoms with van der Waals surface area (Å²) in [4.78, 5) is 29.7. The predicted octanol–water partition coefficient (Wildman–Crippen LogP) is 3.25. The van der Waals surface area contributed by atoms with E-state index < -0.39 is 0 Å². The van der Waals surface area contributed by atoms with Gasteiger partial charge in [0.1, 0.15) is 0 Å². The maximum Gasteiger partial charge on any atom is 0.255 e. The molecular weight excluding hydrogens is 322 g/mol. The van der Waals surface area contributed by atoms with Gasteiger partial charge in [-0.3, -0.25) is 14.6 Å². The van der Waals surface area contributed by atoms with Gasteiger partial charge in [-0.2, -0.15) is 0 Å². The summed E-state index contributed by atoms with van der Waals surface area (Å²) in [6.45, 7) is 5.87. The van der Waals surface area contributed by atoms with E-state index in [9.17, 15) is 9.59 Å². The second-order valence-corrected chi connectivity index (χ2v) is 6.36. The number of aromatic nitrogens is 2. The number of rotatable bonds is 6. The lowest BCUT2D eigenvalue weighted by Gasteiger charge is -2.18. The minimum atomic E-state index is -0.227. The Morgan fingerprint density at radius 1 is 1.21 bits per heavy atom. The molecular formula is C18H23N3O2S. The molecule has 2 rings (SSSR count). The first-order valence-corrected chi connectivity index (χ1v) is 8.49. The minimum Gasteiger partial charge on any atom is -0.349 e. The molecule has 0 aliphatic rings. The van der Waals surface area contributed by atoms with Crippen LogP contribution < -0.4 is 10.9 Å². The van der Waals surface area contributed by atoms with Crippen molar-refractivity contribution < 1.29 is 4.79 Å². The van der Waals surface area contributed by atoms with Crippen LogP contribution in [0, 0.1) is 18.6 Å². The number of aromatic amines is 2. The van der Waals surface area contributed by atoms with Crippen LogP contribution in [0.3, 0.4) is 0 Å². The third-order valence-corrected chi connectivity index (χ3v) is 4.28. The first-order chi connectivity index (χ1) is 11.4. The van der Waals surface area contributed by atoms with Gasteiger partial charge in [-0.1, -0.05) is 36.8 Å². The van der Waals surface area contributed by atoms with Crippen LogP contribution in [-0.2, 0) is 11.2 Å². The summed E-state index contributed by atoms with van der Waals surface area (Å²) in [5, 5.41) is 3.04. The topological polar surface area (TPSA) is 77.8 Å². The number of hydrogen-bond donors (Lipinski definition) is 3. The first kappa shape index (κ1) is 18.1. The first-order valence-electron chi connectivity index (χ1n) is 8.08. The maximum atomic E-state index is 12.3. The van der Waals surface area contributed by atoms with Crippen LogP contribution in [0.2, 0.25) is 0 Å². The quantitative estimate of drug-likeness (QED) is 0.703. The normalized spacial score (nSPS) is 12.0. The van der Waals surface area contributed by atoms with Crippen molar-refractivity contribution in [2.24, 2.45) is 0 Å². The van der Waals surface area contributed by atoms with Crippen molar-refractivity contribution in [2.45, 2.75) is 46.1 Å². The molecule has 24 heavy (non-hydrogen) atoms. The van der Waals surface area contributed by atoms with Crippen LogP contribution in [0.4, 0.5) is 0 Å². The summed E-state index contributed by atoms with van der Waals surface area (Å²) in [5.41, 5.74) is 3.34. The van der Waals surface area contributed by atoms with E-state index in [0.29, 0.717) is 22.4 Å². The van der Waals surface area contributed by atoms with Gasteiger partial charge in [0.25, 0.3) is 5.56 Å². The molecule has 128 valence electrons. The Bertz CT molecular complexity index is 821. The van der Waals surface area contributed by atoms with Crippen LogP contribution >= 0.6 is 12.2 Å². The van der Waals surface area contributed by atoms with Crippen LogP contribution in [0.1, 0.15) is 48.2 Å². The lowest BCUT2D eigenvalue weighted by atomic mass is 10.0. The molecule has 1 heterocycles. The zero-order valence-electron chi connectivity index (χ0n) is 14.2. The van der Waals surface area contributed by atoms with Gasteiger partial charge in [-0.05, 0) is 44.5 Å². The third kappa shape index (κ3) is 4.64. The van der Waals surface area contributed by atoms with E-state index in [-0.39, 0.29) is 23.9 Å². The monoisotopic (exact) mass is 345 g/mol. The number of hydrogen-bond acceptors (Lipinski definition) is 3. The molecule has 1 amide bonds. The largest absolute Gasteiger partial charge is 0.349 e. The van der Waals surface area contributed by atoms with Crippen LogP contribution in [0.5, 0.6) is 0 Å². The fourth-order valence-electron chi connectivity index (χ4n) is 2.65. The van der Waals surface area contributed by atoms with Crippen LogP contribution in [-0.4, -0.2) is 15.9 Å². The number of amides is 1. The van der Waals surface area contributed by atoms with Crippen molar-refractivity contribution in [3.05, 3.63) is 61.8 Å². The van der Waals surface area contributed by atoms with E-state index in [1.807, 2.05) is 38.1 Å². The molecule has 0 bridgehead atoms. The minimum absolute atomic E-state index is 0.0148. The highest BCUT2D eigenvalue weighted by molar-refractivity contribution is 7.71. The molecule has 0 saturated carbocycles. The van der Waals surface area contributed by atoms with Gasteiger partial charge in [-0.25, -0.2) is 0 Å². The van der Waals surface area contributed by atoms with E-state index in [1.54, 1.807) is 6.92 Å². The summed E-state index contributed by atoms with van der Waals surface area (Å²) in [6, 6.07) is 8.14. The smallest absolute Gasteiger partial charge is 0.255 e. The Kier molecular flexibility index (Phi) is 6.09. The van der Waals surface area contributed by atoms with E-state index in [2.05, 4.69) is 15.3 Å². The number of carbonyl (C=O) groups excluding carboxylic acids is 1. The van der Waals surface area contributed by atoms with Gasteiger partial charge in [0, 0.05) is 17.7 Å². The molecule has 0 fully saturated rings. The molecule has 0 aliphatic carbocycles. The summed E-state index contributed by atoms with van der Waals surface area (Å²) in [5.74, 6) is -0.0660. The van der Waals surface area contributed by atoms with Crippen molar-refractivity contribution in [3.8, 4) is 0 Å². The van der Waals surface area contributed by atoms with Crippen LogP contribution in [0.25, 0.3) is 0 Å². The molecule has 0 radical (unpaired) electrons. The second kappa shape index (κ2) is 8.06. The van der Waals surface area contributed by atoms with Crippen molar-refractivity contribution >= 4 is 18.1 Å². The number of carbonyl (C=O) groups is 1. The van der Waals surface area contributed by atoms with Gasteiger partial charge >= 0.3 is 0 Å². The summed E-state index contributed by atoms with van der Waals surface area (Å²) >= 11 is 4.93. The average Bonchev–Trinajstić information content (AvgIpc) is 2.52. The molecule has 1 unspecified atom stereocenters. The Balaban J connectivity index is 2.01. The van der Waals surface area contributed by atoms with Crippen LogP contribution in [0.15, 0.2) is 29.1 Å². The number of H-pyrrole nitrogens is 2. The number of benzene rings is 1. The van der Waals surface area contributed by atoms with E-state index in [1.165, 1.54) is 5.56 Å². The molecule has 1 aromatic heterocycles. The molecule has 0 aliphatic heterocycles. The number of nitrogens with one attached hydrogen (secondary N) is 3. The van der Waals surface area contributed by atoms with E-state index in [4.69, 9.17) is 12.2 Å². The number of aryl methyl sites for hydroxylation is 2.